The van der Waals surface area contributed by atoms with Crippen LogP contribution in [0.15, 0.2) is 104 Å². The Morgan fingerprint density at radius 1 is 0.535 bits per heavy atom. The summed E-state index contributed by atoms with van der Waals surface area (Å²) in [4.78, 5) is 0. The van der Waals surface area contributed by atoms with Crippen molar-refractivity contribution >= 4 is 5.57 Å². The van der Waals surface area contributed by atoms with Gasteiger partial charge in [0.1, 0.15) is 0 Å². The Morgan fingerprint density at radius 2 is 1.12 bits per heavy atom. The molecule has 1 nitrogen and oxygen atoms in total. The van der Waals surface area contributed by atoms with Crippen molar-refractivity contribution in [3.05, 3.63) is 132 Å². The van der Waals surface area contributed by atoms with E-state index in [1.54, 1.807) is 0 Å². The molecule has 212 valence electrons. The topological polar surface area (TPSA) is 3.88 Å². The molecule has 0 saturated heterocycles. The number of hydrogen-bond donors (Lipinski definition) is 0. The third kappa shape index (κ3) is 3.26. The summed E-state index contributed by atoms with van der Waals surface area (Å²) in [5, 5.41) is 0. The van der Waals surface area contributed by atoms with Gasteiger partial charge in [-0.3, -0.25) is 0 Å². The normalized spacial score (nSPS) is 17.4. The van der Waals surface area contributed by atoms with Crippen molar-refractivity contribution in [3.63, 3.8) is 0 Å². The van der Waals surface area contributed by atoms with Gasteiger partial charge in [-0.2, -0.15) is 4.57 Å². The van der Waals surface area contributed by atoms with Crippen molar-refractivity contribution in [3.8, 4) is 44.6 Å². The van der Waals surface area contributed by atoms with Crippen LogP contribution in [-0.4, -0.2) is 0 Å². The fraction of sp³-hybridized carbons (Fsp3) is 0.262. The standard InChI is InChI=1S/C42H40N/c1-8-42(9-2)26(3)29-19-17-27(22-34(29)39-16-12-13-21-43(39)42)28-18-20-31-33-24-32-30-14-10-11-15-35(30)40(4,5)37(32)25-38(33)41(6,7)36(31)23-28/h10-25H,3,8-9H2,1-2,4-7H3/q+1. The van der Waals surface area contributed by atoms with Gasteiger partial charge in [0.25, 0.3) is 0 Å². The summed E-state index contributed by atoms with van der Waals surface area (Å²) >= 11 is 0. The minimum absolute atomic E-state index is 0.00551. The second-order valence-electron chi connectivity index (χ2n) is 13.9. The van der Waals surface area contributed by atoms with Crippen molar-refractivity contribution in [1.82, 2.24) is 0 Å². The monoisotopic (exact) mass is 558 g/mol. The largest absolute Gasteiger partial charge is 0.213 e. The van der Waals surface area contributed by atoms with Crippen molar-refractivity contribution in [2.45, 2.75) is 70.8 Å². The van der Waals surface area contributed by atoms with Gasteiger partial charge in [0.15, 0.2) is 11.7 Å². The maximum absolute atomic E-state index is 4.67. The van der Waals surface area contributed by atoms with Gasteiger partial charge in [0, 0.05) is 41.4 Å². The van der Waals surface area contributed by atoms with E-state index < -0.39 is 0 Å². The Labute approximate surface area is 256 Å². The van der Waals surface area contributed by atoms with Gasteiger partial charge in [0.05, 0.1) is 5.56 Å². The number of hydrogen-bond acceptors (Lipinski definition) is 0. The molecule has 1 aromatic heterocycles. The molecule has 8 rings (SSSR count). The molecular formula is C42H40N+. The van der Waals surface area contributed by atoms with Crippen molar-refractivity contribution < 1.29 is 4.57 Å². The van der Waals surface area contributed by atoms with Crippen LogP contribution in [-0.2, 0) is 16.4 Å². The number of pyridine rings is 1. The maximum Gasteiger partial charge on any atom is 0.213 e. The molecule has 0 saturated carbocycles. The van der Waals surface area contributed by atoms with Gasteiger partial charge < -0.3 is 0 Å². The van der Waals surface area contributed by atoms with E-state index in [9.17, 15) is 0 Å². The van der Waals surface area contributed by atoms with Crippen molar-refractivity contribution in [2.75, 3.05) is 0 Å². The van der Waals surface area contributed by atoms with Crippen LogP contribution in [0.1, 0.15) is 82.2 Å². The molecule has 0 atom stereocenters. The molecule has 5 aromatic rings. The summed E-state index contributed by atoms with van der Waals surface area (Å²) in [6.45, 7) is 18.8. The lowest BCUT2D eigenvalue weighted by Gasteiger charge is -2.35. The van der Waals surface area contributed by atoms with Crippen LogP contribution in [0.5, 0.6) is 0 Å². The molecule has 0 amide bonds. The van der Waals surface area contributed by atoms with E-state index in [0.717, 1.165) is 12.8 Å². The minimum atomic E-state index is -0.0795. The summed E-state index contributed by atoms with van der Waals surface area (Å²) < 4.78 is 2.47. The lowest BCUT2D eigenvalue weighted by molar-refractivity contribution is -0.741. The van der Waals surface area contributed by atoms with E-state index in [2.05, 4.69) is 150 Å². The molecule has 2 heterocycles. The third-order valence-corrected chi connectivity index (χ3v) is 11.4. The first kappa shape index (κ1) is 26.4. The molecule has 1 aliphatic heterocycles. The molecule has 0 unspecified atom stereocenters. The maximum atomic E-state index is 4.67. The highest BCUT2D eigenvalue weighted by Crippen LogP contribution is 2.56. The Morgan fingerprint density at radius 3 is 1.84 bits per heavy atom. The Kier molecular flexibility index (Phi) is 5.32. The van der Waals surface area contributed by atoms with Crippen LogP contribution >= 0.6 is 0 Å². The highest BCUT2D eigenvalue weighted by atomic mass is 15.1. The smallest absolute Gasteiger partial charge is 0.189 e. The highest BCUT2D eigenvalue weighted by Gasteiger charge is 2.47. The summed E-state index contributed by atoms with van der Waals surface area (Å²) in [7, 11) is 0. The average molecular weight is 559 g/mol. The van der Waals surface area contributed by atoms with Crippen molar-refractivity contribution in [2.24, 2.45) is 0 Å². The predicted molar refractivity (Wildman–Crippen MR) is 180 cm³/mol. The number of allylic oxidation sites excluding steroid dienone is 1. The summed E-state index contributed by atoms with van der Waals surface area (Å²) in [6.07, 6.45) is 4.30. The van der Waals surface area contributed by atoms with Gasteiger partial charge in [0.2, 0.25) is 5.69 Å². The van der Waals surface area contributed by atoms with Crippen LogP contribution in [0.4, 0.5) is 0 Å². The predicted octanol–water partition coefficient (Wildman–Crippen LogP) is 10.5. The van der Waals surface area contributed by atoms with Crippen molar-refractivity contribution in [1.29, 1.82) is 0 Å². The van der Waals surface area contributed by atoms with Crippen LogP contribution in [0.2, 0.25) is 0 Å². The average Bonchev–Trinajstić information content (AvgIpc) is 3.39. The molecule has 4 aromatic carbocycles. The number of aromatic nitrogens is 1. The SMILES string of the molecule is C=C1c2ccc(-c3ccc4c(c3)C(C)(C)c3cc5c(cc3-4)-c3ccccc3C5(C)C)cc2-c2cccc[n+]2C1(CC)CC. The highest BCUT2D eigenvalue weighted by molar-refractivity contribution is 5.92. The zero-order valence-electron chi connectivity index (χ0n) is 26.3. The molecule has 0 N–H and O–H groups in total. The van der Waals surface area contributed by atoms with E-state index >= 15 is 0 Å². The number of nitrogens with zero attached hydrogens (tertiary/aromatic N) is 1. The van der Waals surface area contributed by atoms with Gasteiger partial charge in [-0.25, -0.2) is 0 Å². The summed E-state index contributed by atoms with van der Waals surface area (Å²) in [5.41, 5.74) is 18.8. The van der Waals surface area contributed by atoms with Crippen LogP contribution in [0.25, 0.3) is 50.2 Å². The molecule has 3 aliphatic rings. The summed E-state index contributed by atoms with van der Waals surface area (Å²) in [6, 6.07) is 34.7. The van der Waals surface area contributed by atoms with Crippen LogP contribution in [0, 0.1) is 0 Å². The zero-order valence-corrected chi connectivity index (χ0v) is 26.3. The molecule has 2 aliphatic carbocycles. The molecule has 1 heteroatoms. The lowest BCUT2D eigenvalue weighted by Crippen LogP contribution is -2.59. The molecular weight excluding hydrogens is 518 g/mol. The Balaban J connectivity index is 1.26. The Hall–Kier alpha value is -4.23. The van der Waals surface area contributed by atoms with E-state index in [-0.39, 0.29) is 16.4 Å². The molecule has 0 bridgehead atoms. The fourth-order valence-corrected chi connectivity index (χ4v) is 8.76. The Bertz CT molecular complexity index is 2010. The molecule has 43 heavy (non-hydrogen) atoms. The summed E-state index contributed by atoms with van der Waals surface area (Å²) in [5.74, 6) is 0. The fourth-order valence-electron chi connectivity index (χ4n) is 8.76. The second-order valence-corrected chi connectivity index (χ2v) is 13.9. The van der Waals surface area contributed by atoms with E-state index in [4.69, 9.17) is 0 Å². The quantitative estimate of drug-likeness (QED) is 0.194. The number of benzene rings is 4. The third-order valence-electron chi connectivity index (χ3n) is 11.4. The number of rotatable bonds is 3. The van der Waals surface area contributed by atoms with E-state index in [1.807, 2.05) is 0 Å². The van der Waals surface area contributed by atoms with Gasteiger partial charge >= 0.3 is 0 Å². The van der Waals surface area contributed by atoms with E-state index in [1.165, 1.54) is 78.0 Å². The molecule has 0 spiro atoms. The van der Waals surface area contributed by atoms with Gasteiger partial charge in [-0.15, -0.1) is 0 Å². The first-order chi connectivity index (χ1) is 20.6. The first-order valence-corrected chi connectivity index (χ1v) is 15.9. The van der Waals surface area contributed by atoms with Gasteiger partial charge in [-0.05, 0) is 85.5 Å². The second kappa shape index (κ2) is 8.66. The van der Waals surface area contributed by atoms with Crippen LogP contribution in [0.3, 0.4) is 0 Å². The lowest BCUT2D eigenvalue weighted by atomic mass is 9.75. The van der Waals surface area contributed by atoms with Crippen LogP contribution < -0.4 is 4.57 Å². The minimum Gasteiger partial charge on any atom is -0.189 e. The molecule has 0 radical (unpaired) electrons. The first-order valence-electron chi connectivity index (χ1n) is 15.9. The van der Waals surface area contributed by atoms with E-state index in [0.29, 0.717) is 0 Å². The van der Waals surface area contributed by atoms with Gasteiger partial charge in [-0.1, -0.05) is 103 Å². The molecule has 0 fully saturated rings. The number of fused-ring (bicyclic) bond motifs is 9. The zero-order chi connectivity index (χ0) is 29.9.